The maximum absolute atomic E-state index is 12.6. The summed E-state index contributed by atoms with van der Waals surface area (Å²) < 4.78 is 0. The molecule has 1 aromatic rings. The number of piperazine rings is 1. The van der Waals surface area contributed by atoms with Crippen molar-refractivity contribution in [1.29, 1.82) is 0 Å². The summed E-state index contributed by atoms with van der Waals surface area (Å²) in [4.78, 5) is 29.1. The van der Waals surface area contributed by atoms with Crippen LogP contribution >= 0.6 is 23.2 Å². The molecule has 2 fully saturated rings. The molecule has 1 heterocycles. The number of carbonyl (C=O) groups is 2. The monoisotopic (exact) mass is 454 g/mol. The predicted octanol–water partition coefficient (Wildman–Crippen LogP) is 4.44. The topological polar surface area (TPSA) is 64.7 Å². The normalized spacial score (nSPS) is 19.6. The Labute approximate surface area is 189 Å². The summed E-state index contributed by atoms with van der Waals surface area (Å²) >= 11 is 12.1. The molecular formula is C22H32Cl2N4O2. The first-order chi connectivity index (χ1) is 14.4. The van der Waals surface area contributed by atoms with Gasteiger partial charge in [-0.25, -0.2) is 4.79 Å². The van der Waals surface area contributed by atoms with E-state index in [0.717, 1.165) is 31.4 Å². The zero-order valence-electron chi connectivity index (χ0n) is 17.6. The molecule has 2 N–H and O–H groups in total. The predicted molar refractivity (Wildman–Crippen MR) is 122 cm³/mol. The second kappa shape index (κ2) is 11.1. The van der Waals surface area contributed by atoms with Crippen LogP contribution in [0.1, 0.15) is 51.9 Å². The van der Waals surface area contributed by atoms with Gasteiger partial charge in [-0.1, -0.05) is 55.3 Å². The van der Waals surface area contributed by atoms with Crippen LogP contribution < -0.4 is 15.5 Å². The van der Waals surface area contributed by atoms with E-state index >= 15 is 0 Å². The molecule has 3 amide bonds. The van der Waals surface area contributed by atoms with Crippen molar-refractivity contribution in [2.45, 2.75) is 64.0 Å². The summed E-state index contributed by atoms with van der Waals surface area (Å²) in [6.07, 6.45) is 8.17. The Balaban J connectivity index is 1.44. The van der Waals surface area contributed by atoms with Crippen molar-refractivity contribution in [2.75, 3.05) is 31.1 Å². The molecule has 1 aromatic carbocycles. The maximum Gasteiger partial charge on any atom is 0.318 e. The quantitative estimate of drug-likeness (QED) is 0.706. The lowest BCUT2D eigenvalue weighted by molar-refractivity contribution is -0.123. The molecule has 0 bridgehead atoms. The van der Waals surface area contributed by atoms with Crippen LogP contribution in [0, 0.1) is 0 Å². The second-order valence-electron chi connectivity index (χ2n) is 8.29. The van der Waals surface area contributed by atoms with Crippen LogP contribution in [-0.4, -0.2) is 55.1 Å². The zero-order valence-corrected chi connectivity index (χ0v) is 19.1. The third-order valence-corrected chi connectivity index (χ3v) is 6.76. The Bertz CT molecular complexity index is 730. The highest BCUT2D eigenvalue weighted by atomic mass is 35.5. The Kier molecular flexibility index (Phi) is 8.51. The lowest BCUT2D eigenvalue weighted by atomic mass is 9.96. The van der Waals surface area contributed by atoms with Crippen LogP contribution in [0.2, 0.25) is 10.0 Å². The van der Waals surface area contributed by atoms with Gasteiger partial charge < -0.3 is 20.4 Å². The van der Waals surface area contributed by atoms with E-state index in [1.807, 2.05) is 12.1 Å². The number of rotatable bonds is 4. The van der Waals surface area contributed by atoms with Crippen LogP contribution in [0.3, 0.4) is 0 Å². The molecular weight excluding hydrogens is 423 g/mol. The number of hydrogen-bond acceptors (Lipinski definition) is 3. The van der Waals surface area contributed by atoms with Crippen molar-refractivity contribution in [3.05, 3.63) is 28.2 Å². The van der Waals surface area contributed by atoms with Crippen LogP contribution in [0.5, 0.6) is 0 Å². The van der Waals surface area contributed by atoms with Gasteiger partial charge in [-0.2, -0.15) is 0 Å². The summed E-state index contributed by atoms with van der Waals surface area (Å²) in [5.74, 6) is -0.0941. The first kappa shape index (κ1) is 23.0. The summed E-state index contributed by atoms with van der Waals surface area (Å²) in [6.45, 7) is 4.33. The Morgan fingerprint density at radius 2 is 1.60 bits per heavy atom. The smallest absolute Gasteiger partial charge is 0.318 e. The van der Waals surface area contributed by atoms with Gasteiger partial charge in [0, 0.05) is 37.9 Å². The lowest BCUT2D eigenvalue weighted by Gasteiger charge is -2.36. The molecule has 1 unspecified atom stereocenters. The van der Waals surface area contributed by atoms with E-state index in [9.17, 15) is 9.59 Å². The van der Waals surface area contributed by atoms with E-state index in [4.69, 9.17) is 23.2 Å². The van der Waals surface area contributed by atoms with Gasteiger partial charge in [0.1, 0.15) is 6.04 Å². The number of urea groups is 1. The van der Waals surface area contributed by atoms with Crippen molar-refractivity contribution < 1.29 is 9.59 Å². The minimum atomic E-state index is -0.545. The fourth-order valence-corrected chi connectivity index (χ4v) is 4.41. The van der Waals surface area contributed by atoms with Gasteiger partial charge in [0.2, 0.25) is 5.91 Å². The molecule has 1 atom stereocenters. The fraction of sp³-hybridized carbons (Fsp3) is 0.636. The second-order valence-corrected chi connectivity index (χ2v) is 9.11. The third kappa shape index (κ3) is 6.42. The van der Waals surface area contributed by atoms with Gasteiger partial charge in [0.05, 0.1) is 10.0 Å². The largest absolute Gasteiger partial charge is 0.368 e. The zero-order chi connectivity index (χ0) is 21.5. The molecule has 0 spiro atoms. The molecule has 1 aliphatic carbocycles. The molecule has 6 nitrogen and oxygen atoms in total. The summed E-state index contributed by atoms with van der Waals surface area (Å²) in [7, 11) is 0. The number of nitrogens with zero attached hydrogens (tertiary/aromatic N) is 2. The van der Waals surface area contributed by atoms with Gasteiger partial charge in [0.15, 0.2) is 0 Å². The van der Waals surface area contributed by atoms with Crippen molar-refractivity contribution in [3.8, 4) is 0 Å². The number of amides is 3. The number of halogens is 2. The lowest BCUT2D eigenvalue weighted by Crippen LogP contribution is -2.56. The van der Waals surface area contributed by atoms with Gasteiger partial charge in [-0.3, -0.25) is 4.79 Å². The highest BCUT2D eigenvalue weighted by molar-refractivity contribution is 6.42. The number of hydrogen-bond donors (Lipinski definition) is 2. The van der Waals surface area contributed by atoms with Crippen molar-refractivity contribution in [2.24, 2.45) is 0 Å². The molecule has 1 aliphatic heterocycles. The van der Waals surface area contributed by atoms with Crippen molar-refractivity contribution >= 4 is 40.8 Å². The average molecular weight is 455 g/mol. The standard InChI is InChI=1S/C22H32Cl2N4O2/c1-16(21(29)26-17-7-5-3-2-4-6-8-17)25-22(30)28-13-11-27(12-14-28)18-9-10-19(23)20(24)15-18/h9-10,15-17H,2-8,11-14H2,1H3,(H,25,30)(H,26,29). The fourth-order valence-electron chi connectivity index (χ4n) is 4.12. The first-order valence-corrected chi connectivity index (χ1v) is 11.8. The Morgan fingerprint density at radius 3 is 2.23 bits per heavy atom. The summed E-state index contributed by atoms with van der Waals surface area (Å²) in [5, 5.41) is 7.04. The van der Waals surface area contributed by atoms with Crippen molar-refractivity contribution in [3.63, 3.8) is 0 Å². The third-order valence-electron chi connectivity index (χ3n) is 6.02. The van der Waals surface area contributed by atoms with Gasteiger partial charge in [0.25, 0.3) is 0 Å². The summed E-state index contributed by atoms with van der Waals surface area (Å²) in [5.41, 5.74) is 0.997. The number of nitrogens with one attached hydrogen (secondary N) is 2. The number of carbonyl (C=O) groups excluding carboxylic acids is 2. The van der Waals surface area contributed by atoms with Crippen molar-refractivity contribution in [1.82, 2.24) is 15.5 Å². The van der Waals surface area contributed by atoms with E-state index in [2.05, 4.69) is 15.5 Å². The van der Waals surface area contributed by atoms with Crippen LogP contribution in [0.25, 0.3) is 0 Å². The van der Waals surface area contributed by atoms with Crippen LogP contribution in [0.15, 0.2) is 18.2 Å². The molecule has 8 heteroatoms. The van der Waals surface area contributed by atoms with E-state index in [0.29, 0.717) is 36.2 Å². The average Bonchev–Trinajstić information content (AvgIpc) is 2.72. The summed E-state index contributed by atoms with van der Waals surface area (Å²) in [6, 6.07) is 5.06. The van der Waals surface area contributed by atoms with Crippen LogP contribution in [0.4, 0.5) is 10.5 Å². The molecule has 166 valence electrons. The molecule has 1 saturated heterocycles. The number of anilines is 1. The van der Waals surface area contributed by atoms with Gasteiger partial charge >= 0.3 is 6.03 Å². The van der Waals surface area contributed by atoms with E-state index in [1.54, 1.807) is 17.9 Å². The highest BCUT2D eigenvalue weighted by Crippen LogP contribution is 2.27. The van der Waals surface area contributed by atoms with E-state index in [-0.39, 0.29) is 18.0 Å². The Hall–Kier alpha value is -1.66. The molecule has 0 aromatic heterocycles. The highest BCUT2D eigenvalue weighted by Gasteiger charge is 2.25. The maximum atomic E-state index is 12.6. The molecule has 3 rings (SSSR count). The molecule has 2 aliphatic rings. The minimum Gasteiger partial charge on any atom is -0.368 e. The number of benzene rings is 1. The van der Waals surface area contributed by atoms with E-state index < -0.39 is 6.04 Å². The van der Waals surface area contributed by atoms with Crippen LogP contribution in [-0.2, 0) is 4.79 Å². The molecule has 1 saturated carbocycles. The van der Waals surface area contributed by atoms with E-state index in [1.165, 1.54) is 19.3 Å². The molecule has 0 radical (unpaired) electrons. The molecule has 30 heavy (non-hydrogen) atoms. The SMILES string of the molecule is CC(NC(=O)N1CCN(c2ccc(Cl)c(Cl)c2)CC1)C(=O)NC1CCCCCCC1. The first-order valence-electron chi connectivity index (χ1n) is 11.0. The van der Waals surface area contributed by atoms with Gasteiger partial charge in [-0.05, 0) is 38.0 Å². The Morgan fingerprint density at radius 1 is 0.967 bits per heavy atom. The minimum absolute atomic E-state index is 0.0941. The van der Waals surface area contributed by atoms with Gasteiger partial charge in [-0.15, -0.1) is 0 Å².